The molecule has 0 aromatic carbocycles. The van der Waals surface area contributed by atoms with E-state index in [1.807, 2.05) is 12.1 Å². The van der Waals surface area contributed by atoms with Gasteiger partial charge in [0.25, 0.3) is 0 Å². The van der Waals surface area contributed by atoms with Crippen molar-refractivity contribution in [2.45, 2.75) is 18.1 Å². The summed E-state index contributed by atoms with van der Waals surface area (Å²) in [5.41, 5.74) is -0.135. The van der Waals surface area contributed by atoms with Crippen LogP contribution in [-0.2, 0) is 15.1 Å². The smallest absolute Gasteiger partial charge is 0.135 e. The Morgan fingerprint density at radius 1 is 1.71 bits per heavy atom. The summed E-state index contributed by atoms with van der Waals surface area (Å²) >= 11 is 0. The summed E-state index contributed by atoms with van der Waals surface area (Å²) < 4.78 is 10.5. The summed E-state index contributed by atoms with van der Waals surface area (Å²) in [6.07, 6.45) is 2.07. The van der Waals surface area contributed by atoms with E-state index in [-0.39, 0.29) is 6.10 Å². The third kappa shape index (κ3) is 1.45. The standard InChI is InChI=1S/C10H15NO3/c1-13-9-7-14-6-4-10(9,12)8-3-2-5-11-8/h2-3,5,9,11-12H,4,6-7H2,1H3. The molecular weight excluding hydrogens is 182 g/mol. The molecule has 1 aromatic rings. The number of aromatic amines is 1. The molecule has 1 fully saturated rings. The Hall–Kier alpha value is -0.840. The number of nitrogens with one attached hydrogen (secondary N) is 1. The lowest BCUT2D eigenvalue weighted by Gasteiger charge is -2.38. The number of aliphatic hydroxyl groups is 1. The van der Waals surface area contributed by atoms with Gasteiger partial charge in [-0.1, -0.05) is 0 Å². The average Bonchev–Trinajstić information content (AvgIpc) is 2.72. The molecule has 2 unspecified atom stereocenters. The zero-order valence-electron chi connectivity index (χ0n) is 8.19. The molecule has 1 aliphatic rings. The van der Waals surface area contributed by atoms with Crippen LogP contribution in [0.5, 0.6) is 0 Å². The predicted octanol–water partition coefficient (Wildman–Crippen LogP) is 0.638. The molecule has 2 atom stereocenters. The van der Waals surface area contributed by atoms with Gasteiger partial charge in [-0.3, -0.25) is 0 Å². The molecule has 0 aliphatic carbocycles. The zero-order chi connectivity index (χ0) is 10.0. The van der Waals surface area contributed by atoms with Crippen molar-refractivity contribution in [2.24, 2.45) is 0 Å². The van der Waals surface area contributed by atoms with Crippen molar-refractivity contribution >= 4 is 0 Å². The first-order chi connectivity index (χ1) is 6.77. The van der Waals surface area contributed by atoms with Crippen molar-refractivity contribution in [3.63, 3.8) is 0 Å². The Kier molecular flexibility index (Phi) is 2.58. The molecule has 1 aliphatic heterocycles. The van der Waals surface area contributed by atoms with Gasteiger partial charge in [-0.05, 0) is 12.1 Å². The highest BCUT2D eigenvalue weighted by Crippen LogP contribution is 2.32. The van der Waals surface area contributed by atoms with Crippen LogP contribution in [0.3, 0.4) is 0 Å². The SMILES string of the molecule is COC1COCCC1(O)c1ccc[nH]1. The van der Waals surface area contributed by atoms with E-state index in [4.69, 9.17) is 9.47 Å². The van der Waals surface area contributed by atoms with Crippen LogP contribution < -0.4 is 0 Å². The minimum Gasteiger partial charge on any atom is -0.381 e. The Balaban J connectivity index is 2.27. The number of methoxy groups -OCH3 is 1. The lowest BCUT2D eigenvalue weighted by atomic mass is 9.88. The fourth-order valence-corrected chi connectivity index (χ4v) is 1.89. The van der Waals surface area contributed by atoms with Crippen LogP contribution in [0.4, 0.5) is 0 Å². The molecule has 1 aromatic heterocycles. The van der Waals surface area contributed by atoms with Crippen LogP contribution in [0.15, 0.2) is 18.3 Å². The van der Waals surface area contributed by atoms with Gasteiger partial charge in [0.1, 0.15) is 11.7 Å². The predicted molar refractivity (Wildman–Crippen MR) is 50.9 cm³/mol. The second-order valence-electron chi connectivity index (χ2n) is 3.56. The van der Waals surface area contributed by atoms with E-state index in [1.54, 1.807) is 13.3 Å². The van der Waals surface area contributed by atoms with Crippen molar-refractivity contribution in [1.82, 2.24) is 4.98 Å². The van der Waals surface area contributed by atoms with Crippen LogP contribution >= 0.6 is 0 Å². The number of hydrogen-bond acceptors (Lipinski definition) is 3. The summed E-state index contributed by atoms with van der Waals surface area (Å²) in [5, 5.41) is 10.5. The molecule has 14 heavy (non-hydrogen) atoms. The van der Waals surface area contributed by atoms with Crippen LogP contribution in [-0.4, -0.2) is 36.5 Å². The highest BCUT2D eigenvalue weighted by molar-refractivity contribution is 5.16. The second kappa shape index (κ2) is 3.73. The third-order valence-electron chi connectivity index (χ3n) is 2.78. The molecule has 0 amide bonds. The first kappa shape index (κ1) is 9.71. The van der Waals surface area contributed by atoms with E-state index >= 15 is 0 Å². The highest BCUT2D eigenvalue weighted by atomic mass is 16.5. The van der Waals surface area contributed by atoms with Crippen LogP contribution in [0.2, 0.25) is 0 Å². The molecule has 1 saturated heterocycles. The Bertz CT molecular complexity index is 286. The van der Waals surface area contributed by atoms with Crippen molar-refractivity contribution in [2.75, 3.05) is 20.3 Å². The maximum Gasteiger partial charge on any atom is 0.135 e. The van der Waals surface area contributed by atoms with Crippen LogP contribution in [0.1, 0.15) is 12.1 Å². The van der Waals surface area contributed by atoms with Gasteiger partial charge in [0.2, 0.25) is 0 Å². The summed E-state index contributed by atoms with van der Waals surface area (Å²) in [5.74, 6) is 0. The molecule has 2 rings (SSSR count). The van der Waals surface area contributed by atoms with E-state index in [2.05, 4.69) is 4.98 Å². The molecule has 2 N–H and O–H groups in total. The third-order valence-corrected chi connectivity index (χ3v) is 2.78. The lowest BCUT2D eigenvalue weighted by molar-refractivity contribution is -0.172. The molecule has 0 spiro atoms. The van der Waals surface area contributed by atoms with Crippen molar-refractivity contribution in [1.29, 1.82) is 0 Å². The van der Waals surface area contributed by atoms with Crippen molar-refractivity contribution in [3.05, 3.63) is 24.0 Å². The van der Waals surface area contributed by atoms with Crippen molar-refractivity contribution in [3.8, 4) is 0 Å². The molecule has 4 nitrogen and oxygen atoms in total. The van der Waals surface area contributed by atoms with E-state index in [9.17, 15) is 5.11 Å². The van der Waals surface area contributed by atoms with Gasteiger partial charge in [0.15, 0.2) is 0 Å². The van der Waals surface area contributed by atoms with E-state index in [0.717, 1.165) is 5.69 Å². The van der Waals surface area contributed by atoms with Crippen molar-refractivity contribution < 1.29 is 14.6 Å². The number of aromatic nitrogens is 1. The Morgan fingerprint density at radius 3 is 3.21 bits per heavy atom. The first-order valence-corrected chi connectivity index (χ1v) is 4.74. The molecule has 0 bridgehead atoms. The normalized spacial score (nSPS) is 33.1. The number of rotatable bonds is 2. The maximum atomic E-state index is 10.5. The highest BCUT2D eigenvalue weighted by Gasteiger charge is 2.42. The van der Waals surface area contributed by atoms with E-state index in [0.29, 0.717) is 19.6 Å². The van der Waals surface area contributed by atoms with Gasteiger partial charge in [-0.2, -0.15) is 0 Å². The topological polar surface area (TPSA) is 54.5 Å². The minimum atomic E-state index is -0.934. The molecule has 4 heteroatoms. The van der Waals surface area contributed by atoms with Gasteiger partial charge < -0.3 is 19.6 Å². The van der Waals surface area contributed by atoms with Gasteiger partial charge in [-0.25, -0.2) is 0 Å². The summed E-state index contributed by atoms with van der Waals surface area (Å²) in [6.45, 7) is 1.00. The van der Waals surface area contributed by atoms with E-state index < -0.39 is 5.60 Å². The van der Waals surface area contributed by atoms with Crippen LogP contribution in [0, 0.1) is 0 Å². The van der Waals surface area contributed by atoms with Gasteiger partial charge >= 0.3 is 0 Å². The molecule has 0 radical (unpaired) electrons. The lowest BCUT2D eigenvalue weighted by Crippen LogP contribution is -2.48. The number of H-pyrrole nitrogens is 1. The maximum absolute atomic E-state index is 10.5. The van der Waals surface area contributed by atoms with Gasteiger partial charge in [-0.15, -0.1) is 0 Å². The summed E-state index contributed by atoms with van der Waals surface area (Å²) in [6, 6.07) is 3.74. The van der Waals surface area contributed by atoms with Crippen LogP contribution in [0.25, 0.3) is 0 Å². The Morgan fingerprint density at radius 2 is 2.57 bits per heavy atom. The summed E-state index contributed by atoms with van der Waals surface area (Å²) in [7, 11) is 1.59. The quantitative estimate of drug-likeness (QED) is 0.731. The fraction of sp³-hybridized carbons (Fsp3) is 0.600. The average molecular weight is 197 g/mol. The zero-order valence-corrected chi connectivity index (χ0v) is 8.19. The fourth-order valence-electron chi connectivity index (χ4n) is 1.89. The number of hydrogen-bond donors (Lipinski definition) is 2. The first-order valence-electron chi connectivity index (χ1n) is 4.74. The monoisotopic (exact) mass is 197 g/mol. The number of ether oxygens (including phenoxy) is 2. The second-order valence-corrected chi connectivity index (χ2v) is 3.56. The summed E-state index contributed by atoms with van der Waals surface area (Å²) in [4.78, 5) is 3.03. The molecular formula is C10H15NO3. The Labute approximate surface area is 82.8 Å². The molecule has 0 saturated carbocycles. The van der Waals surface area contributed by atoms with E-state index in [1.165, 1.54) is 0 Å². The largest absolute Gasteiger partial charge is 0.381 e. The molecule has 2 heterocycles. The van der Waals surface area contributed by atoms with Gasteiger partial charge in [0.05, 0.1) is 6.61 Å². The van der Waals surface area contributed by atoms with Gasteiger partial charge in [0, 0.05) is 32.0 Å². The molecule has 78 valence electrons. The minimum absolute atomic E-state index is 0.296.